The number of esters is 1. The normalized spacial score (nSPS) is 32.0. The molecule has 2 rings (SSSR count). The van der Waals surface area contributed by atoms with Crippen molar-refractivity contribution in [1.29, 1.82) is 0 Å². The second-order valence-electron chi connectivity index (χ2n) is 3.36. The fourth-order valence-electron chi connectivity index (χ4n) is 1.89. The number of allylic oxidation sites excluding steroid dienone is 1. The molecule has 12 heavy (non-hydrogen) atoms. The monoisotopic (exact) mass is 166 g/mol. The number of methoxy groups -OCH3 is 1. The quantitative estimate of drug-likeness (QED) is 0.425. The average molecular weight is 166 g/mol. The van der Waals surface area contributed by atoms with E-state index in [9.17, 15) is 9.59 Å². The Bertz CT molecular complexity index is 301. The standard InChI is InChI=1S/C9H10O3/c1-4-5-3-6(5)8(10)7(4)9(11)12-2/h5-6H,3H2,1-2H3/t5-,6-/m0/s1. The topological polar surface area (TPSA) is 43.4 Å². The van der Waals surface area contributed by atoms with Gasteiger partial charge in [0.15, 0.2) is 5.78 Å². The zero-order valence-electron chi connectivity index (χ0n) is 7.09. The van der Waals surface area contributed by atoms with Crippen LogP contribution in [0.15, 0.2) is 11.1 Å². The maximum Gasteiger partial charge on any atom is 0.341 e. The summed E-state index contributed by atoms with van der Waals surface area (Å²) >= 11 is 0. The Morgan fingerprint density at radius 2 is 2.17 bits per heavy atom. The molecule has 2 aliphatic rings. The van der Waals surface area contributed by atoms with Crippen LogP contribution in [0.4, 0.5) is 0 Å². The van der Waals surface area contributed by atoms with E-state index in [4.69, 9.17) is 0 Å². The molecule has 3 heteroatoms. The molecule has 0 unspecified atom stereocenters. The summed E-state index contributed by atoms with van der Waals surface area (Å²) in [5.74, 6) is -0.0141. The van der Waals surface area contributed by atoms with Gasteiger partial charge in [-0.05, 0) is 19.3 Å². The average Bonchev–Trinajstić information content (AvgIpc) is 2.78. The Balaban J connectivity index is 2.35. The summed E-state index contributed by atoms with van der Waals surface area (Å²) < 4.78 is 4.53. The molecular weight excluding hydrogens is 156 g/mol. The number of fused-ring (bicyclic) bond motifs is 1. The summed E-state index contributed by atoms with van der Waals surface area (Å²) in [7, 11) is 1.31. The minimum atomic E-state index is -0.468. The summed E-state index contributed by atoms with van der Waals surface area (Å²) in [5, 5.41) is 0. The number of carbonyl (C=O) groups is 2. The lowest BCUT2D eigenvalue weighted by Gasteiger charge is -2.01. The van der Waals surface area contributed by atoms with Crippen molar-refractivity contribution in [2.24, 2.45) is 11.8 Å². The molecule has 0 aromatic carbocycles. The fraction of sp³-hybridized carbons (Fsp3) is 0.556. The molecular formula is C9H10O3. The van der Waals surface area contributed by atoms with Crippen molar-refractivity contribution in [3.05, 3.63) is 11.1 Å². The minimum absolute atomic E-state index is 0.00986. The van der Waals surface area contributed by atoms with Gasteiger partial charge in [0.25, 0.3) is 0 Å². The maximum absolute atomic E-state index is 11.4. The van der Waals surface area contributed by atoms with Gasteiger partial charge >= 0.3 is 5.97 Å². The Morgan fingerprint density at radius 1 is 1.50 bits per heavy atom. The molecule has 0 bridgehead atoms. The molecule has 64 valence electrons. The third kappa shape index (κ3) is 0.763. The van der Waals surface area contributed by atoms with Crippen LogP contribution in [0.2, 0.25) is 0 Å². The van der Waals surface area contributed by atoms with E-state index in [-0.39, 0.29) is 11.7 Å². The molecule has 1 fully saturated rings. The number of ketones is 1. The van der Waals surface area contributed by atoms with E-state index in [1.807, 2.05) is 6.92 Å². The van der Waals surface area contributed by atoms with Crippen LogP contribution in [0.3, 0.4) is 0 Å². The number of ether oxygens (including phenoxy) is 1. The first-order valence-corrected chi connectivity index (χ1v) is 4.00. The third-order valence-electron chi connectivity index (χ3n) is 2.71. The van der Waals surface area contributed by atoms with Crippen LogP contribution in [0.25, 0.3) is 0 Å². The summed E-state index contributed by atoms with van der Waals surface area (Å²) in [6.07, 6.45) is 0.936. The number of carbonyl (C=O) groups excluding carboxylic acids is 2. The number of rotatable bonds is 1. The van der Waals surface area contributed by atoms with Gasteiger partial charge < -0.3 is 4.74 Å². The molecule has 0 aromatic heterocycles. The van der Waals surface area contributed by atoms with E-state index in [0.717, 1.165) is 12.0 Å². The molecule has 0 radical (unpaired) electrons. The van der Waals surface area contributed by atoms with E-state index in [2.05, 4.69) is 4.74 Å². The van der Waals surface area contributed by atoms with E-state index < -0.39 is 5.97 Å². The Morgan fingerprint density at radius 3 is 2.58 bits per heavy atom. The molecule has 3 nitrogen and oxygen atoms in total. The first kappa shape index (κ1) is 7.53. The summed E-state index contributed by atoms with van der Waals surface area (Å²) in [6.45, 7) is 1.85. The molecule has 2 atom stereocenters. The number of Topliss-reactive ketones (excluding diaryl/α,β-unsaturated/α-hetero) is 1. The molecule has 0 saturated heterocycles. The van der Waals surface area contributed by atoms with Crippen LogP contribution in [-0.2, 0) is 14.3 Å². The van der Waals surface area contributed by atoms with Crippen LogP contribution in [0.1, 0.15) is 13.3 Å². The highest BCUT2D eigenvalue weighted by Gasteiger charge is 2.53. The van der Waals surface area contributed by atoms with Crippen molar-refractivity contribution in [1.82, 2.24) is 0 Å². The predicted molar refractivity (Wildman–Crippen MR) is 41.3 cm³/mol. The van der Waals surface area contributed by atoms with Gasteiger partial charge in [0.2, 0.25) is 0 Å². The van der Waals surface area contributed by atoms with Gasteiger partial charge in [0, 0.05) is 5.92 Å². The highest BCUT2D eigenvalue weighted by Crippen LogP contribution is 2.52. The molecule has 0 aromatic rings. The van der Waals surface area contributed by atoms with Crippen molar-refractivity contribution in [3.63, 3.8) is 0 Å². The van der Waals surface area contributed by atoms with Crippen molar-refractivity contribution >= 4 is 11.8 Å². The van der Waals surface area contributed by atoms with Gasteiger partial charge in [-0.2, -0.15) is 0 Å². The van der Waals surface area contributed by atoms with Crippen LogP contribution in [0.5, 0.6) is 0 Å². The first-order valence-electron chi connectivity index (χ1n) is 4.00. The molecule has 0 aliphatic heterocycles. The fourth-order valence-corrected chi connectivity index (χ4v) is 1.89. The van der Waals surface area contributed by atoms with E-state index in [1.165, 1.54) is 7.11 Å². The zero-order valence-corrected chi connectivity index (χ0v) is 7.09. The maximum atomic E-state index is 11.4. The van der Waals surface area contributed by atoms with Gasteiger partial charge in [0.05, 0.1) is 7.11 Å². The SMILES string of the molecule is COC(=O)C1=C(C)[C@@H]2C[C@@H]2C1=O. The van der Waals surface area contributed by atoms with Crippen LogP contribution < -0.4 is 0 Å². The Kier molecular flexibility index (Phi) is 1.37. The van der Waals surface area contributed by atoms with Crippen molar-refractivity contribution in [2.75, 3.05) is 7.11 Å². The largest absolute Gasteiger partial charge is 0.465 e. The summed E-state index contributed by atoms with van der Waals surface area (Å²) in [6, 6.07) is 0. The third-order valence-corrected chi connectivity index (χ3v) is 2.71. The van der Waals surface area contributed by atoms with Crippen LogP contribution in [0, 0.1) is 11.8 Å². The summed E-state index contributed by atoms with van der Waals surface area (Å²) in [5.41, 5.74) is 1.23. The second kappa shape index (κ2) is 2.19. The number of hydrogen-bond acceptors (Lipinski definition) is 3. The molecule has 0 amide bonds. The van der Waals surface area contributed by atoms with E-state index >= 15 is 0 Å². The van der Waals surface area contributed by atoms with Gasteiger partial charge in [-0.1, -0.05) is 5.57 Å². The van der Waals surface area contributed by atoms with Gasteiger partial charge in [-0.3, -0.25) is 4.79 Å². The van der Waals surface area contributed by atoms with Gasteiger partial charge in [0.1, 0.15) is 5.57 Å². The molecule has 0 heterocycles. The highest BCUT2D eigenvalue weighted by atomic mass is 16.5. The van der Waals surface area contributed by atoms with Crippen molar-refractivity contribution in [3.8, 4) is 0 Å². The second-order valence-corrected chi connectivity index (χ2v) is 3.36. The molecule has 1 saturated carbocycles. The number of hydrogen-bond donors (Lipinski definition) is 0. The minimum Gasteiger partial charge on any atom is -0.465 e. The lowest BCUT2D eigenvalue weighted by Crippen LogP contribution is -2.14. The smallest absolute Gasteiger partial charge is 0.341 e. The van der Waals surface area contributed by atoms with Gasteiger partial charge in [-0.15, -0.1) is 0 Å². The molecule has 0 N–H and O–H groups in total. The first-order chi connectivity index (χ1) is 5.66. The van der Waals surface area contributed by atoms with Crippen LogP contribution >= 0.6 is 0 Å². The zero-order chi connectivity index (χ0) is 8.88. The Labute approximate surface area is 70.4 Å². The van der Waals surface area contributed by atoms with E-state index in [0.29, 0.717) is 11.5 Å². The highest BCUT2D eigenvalue weighted by molar-refractivity contribution is 6.22. The summed E-state index contributed by atoms with van der Waals surface area (Å²) in [4.78, 5) is 22.5. The van der Waals surface area contributed by atoms with Crippen molar-refractivity contribution in [2.45, 2.75) is 13.3 Å². The lowest BCUT2D eigenvalue weighted by molar-refractivity contribution is -0.137. The van der Waals surface area contributed by atoms with Crippen molar-refractivity contribution < 1.29 is 14.3 Å². The van der Waals surface area contributed by atoms with Gasteiger partial charge in [-0.25, -0.2) is 4.79 Å². The Hall–Kier alpha value is -1.12. The predicted octanol–water partition coefficient (Wildman–Crippen LogP) is 0.695. The molecule has 2 aliphatic carbocycles. The van der Waals surface area contributed by atoms with Crippen LogP contribution in [-0.4, -0.2) is 18.9 Å². The lowest BCUT2D eigenvalue weighted by atomic mass is 10.1. The molecule has 0 spiro atoms. The van der Waals surface area contributed by atoms with E-state index in [1.54, 1.807) is 0 Å².